The van der Waals surface area contributed by atoms with Gasteiger partial charge in [-0.05, 0) is 125 Å². The lowest BCUT2D eigenvalue weighted by Gasteiger charge is -2.36. The molecule has 4 amide bonds. The number of hydrogen-bond acceptors (Lipinski definition) is 10. The molecule has 0 radical (unpaired) electrons. The lowest BCUT2D eigenvalue weighted by molar-refractivity contribution is -0.130. The van der Waals surface area contributed by atoms with Crippen LogP contribution in [0.3, 0.4) is 0 Å². The number of amides is 4. The van der Waals surface area contributed by atoms with Gasteiger partial charge in [0.2, 0.25) is 17.6 Å². The summed E-state index contributed by atoms with van der Waals surface area (Å²) in [7, 11) is 0. The molecule has 1 aliphatic heterocycles. The number of carbonyl (C=O) groups excluding carboxylic acids is 4. The van der Waals surface area contributed by atoms with E-state index in [4.69, 9.17) is 4.74 Å². The van der Waals surface area contributed by atoms with Crippen molar-refractivity contribution in [3.63, 3.8) is 0 Å². The molecule has 0 bridgehead atoms. The molecule has 2 unspecified atom stereocenters. The fourth-order valence-corrected chi connectivity index (χ4v) is 7.57. The number of ether oxygens (including phenoxy) is 1. The average Bonchev–Trinajstić information content (AvgIpc) is 3.72. The molecule has 3 atom stereocenters. The Labute approximate surface area is 333 Å². The van der Waals surface area contributed by atoms with Crippen molar-refractivity contribution in [3.05, 3.63) is 77.6 Å². The topological polar surface area (TPSA) is 196 Å². The number of benzene rings is 2. The first-order valence-electron chi connectivity index (χ1n) is 19.7. The SMILES string of the molecule is Cc1cc(C(=O)N2CC(C)NC(C)C2)ncc1-c1ccc(C[C@H](NC(=O)C2CCC(CNC(=O)OC(C)(C)C)CC2)C(=O)Nc2ccc(-c3nn[nH]n3)cc2)cc1. The Hall–Kier alpha value is -5.70. The Kier molecular flexibility index (Phi) is 13.0. The molecule has 1 aliphatic carbocycles. The molecule has 2 aromatic carbocycles. The van der Waals surface area contributed by atoms with Crippen LogP contribution in [0.4, 0.5) is 10.5 Å². The van der Waals surface area contributed by atoms with E-state index >= 15 is 0 Å². The number of alkyl carbamates (subject to hydrolysis) is 1. The van der Waals surface area contributed by atoms with Crippen molar-refractivity contribution >= 4 is 29.5 Å². The molecule has 0 spiro atoms. The number of H-pyrrole nitrogens is 1. The fraction of sp³-hybridized carbons (Fsp3) is 0.476. The molecular formula is C42H54N10O5. The van der Waals surface area contributed by atoms with E-state index in [9.17, 15) is 19.2 Å². The molecule has 302 valence electrons. The minimum Gasteiger partial charge on any atom is -0.444 e. The minimum atomic E-state index is -0.851. The van der Waals surface area contributed by atoms with Crippen molar-refractivity contribution in [2.45, 2.75) is 97.4 Å². The number of nitrogens with one attached hydrogen (secondary N) is 5. The van der Waals surface area contributed by atoms with Crippen molar-refractivity contribution in [1.82, 2.24) is 46.5 Å². The normalized spacial score (nSPS) is 20.3. The lowest BCUT2D eigenvalue weighted by Crippen LogP contribution is -2.55. The van der Waals surface area contributed by atoms with Crippen LogP contribution in [0.5, 0.6) is 0 Å². The van der Waals surface area contributed by atoms with Crippen molar-refractivity contribution in [2.75, 3.05) is 25.0 Å². The zero-order chi connectivity index (χ0) is 40.7. The molecule has 57 heavy (non-hydrogen) atoms. The first-order chi connectivity index (χ1) is 27.2. The zero-order valence-electron chi connectivity index (χ0n) is 33.6. The van der Waals surface area contributed by atoms with Crippen LogP contribution in [0.2, 0.25) is 0 Å². The van der Waals surface area contributed by atoms with Gasteiger partial charge < -0.3 is 30.9 Å². The Balaban J connectivity index is 1.11. The van der Waals surface area contributed by atoms with Gasteiger partial charge >= 0.3 is 6.09 Å². The Morgan fingerprint density at radius 1 is 0.930 bits per heavy atom. The molecule has 2 fully saturated rings. The van der Waals surface area contributed by atoms with Crippen molar-refractivity contribution in [3.8, 4) is 22.5 Å². The Bertz CT molecular complexity index is 2000. The van der Waals surface area contributed by atoms with Crippen LogP contribution in [0.1, 0.15) is 81.9 Å². The molecule has 1 saturated carbocycles. The monoisotopic (exact) mass is 778 g/mol. The second-order valence-corrected chi connectivity index (χ2v) is 16.4. The largest absolute Gasteiger partial charge is 0.444 e. The number of pyridine rings is 1. The standard InChI is InChI=1S/C42H54N10O5/c1-25-19-36(40(55)52-23-26(2)45-27(3)24-52)43-22-34(25)30-11-7-28(8-12-30)20-35(39(54)46-33-17-15-31(16-18-33)37-48-50-51-49-37)47-38(53)32-13-9-29(10-14-32)21-44-41(56)57-42(4,5)6/h7-8,11-12,15-19,22,26-27,29,32,35,45H,9-10,13-14,20-21,23-24H2,1-6H3,(H,44,56)(H,46,54)(H,47,53)(H,48,49,50,51)/t26?,27?,29?,32?,35-/m0/s1. The van der Waals surface area contributed by atoms with Crippen LogP contribution in [0, 0.1) is 18.8 Å². The van der Waals surface area contributed by atoms with E-state index in [1.807, 2.05) is 62.9 Å². The first kappa shape index (κ1) is 40.9. The Morgan fingerprint density at radius 3 is 2.21 bits per heavy atom. The van der Waals surface area contributed by atoms with E-state index < -0.39 is 17.7 Å². The predicted octanol–water partition coefficient (Wildman–Crippen LogP) is 5.06. The number of aromatic nitrogens is 5. The quantitative estimate of drug-likeness (QED) is 0.137. The van der Waals surface area contributed by atoms with Gasteiger partial charge in [-0.25, -0.2) is 4.79 Å². The maximum absolute atomic E-state index is 13.9. The molecular weight excluding hydrogens is 725 g/mol. The molecule has 6 rings (SSSR count). The molecule has 2 aliphatic rings. The van der Waals surface area contributed by atoms with Gasteiger partial charge in [0.15, 0.2) is 0 Å². The summed E-state index contributed by atoms with van der Waals surface area (Å²) >= 11 is 0. The number of aromatic amines is 1. The molecule has 4 aromatic rings. The molecule has 5 N–H and O–H groups in total. The number of tetrazole rings is 1. The van der Waals surface area contributed by atoms with Gasteiger partial charge in [0.05, 0.1) is 0 Å². The second kappa shape index (κ2) is 18.0. The van der Waals surface area contributed by atoms with Crippen LogP contribution < -0.4 is 21.3 Å². The predicted molar refractivity (Wildman–Crippen MR) is 216 cm³/mol. The van der Waals surface area contributed by atoms with E-state index in [1.54, 1.807) is 30.5 Å². The van der Waals surface area contributed by atoms with Gasteiger partial charge in [0.1, 0.15) is 17.3 Å². The fourth-order valence-electron chi connectivity index (χ4n) is 7.57. The zero-order valence-corrected chi connectivity index (χ0v) is 33.6. The van der Waals surface area contributed by atoms with E-state index in [1.165, 1.54) is 0 Å². The van der Waals surface area contributed by atoms with E-state index in [2.05, 4.69) is 60.7 Å². The maximum atomic E-state index is 13.9. The van der Waals surface area contributed by atoms with Crippen LogP contribution in [-0.4, -0.2) is 97.7 Å². The number of aryl methyl sites for hydroxylation is 1. The molecule has 3 heterocycles. The van der Waals surface area contributed by atoms with Crippen molar-refractivity contribution in [2.24, 2.45) is 11.8 Å². The summed E-state index contributed by atoms with van der Waals surface area (Å²) in [4.78, 5) is 59.4. The summed E-state index contributed by atoms with van der Waals surface area (Å²) in [6.45, 7) is 13.4. The summed E-state index contributed by atoms with van der Waals surface area (Å²) in [6.07, 6.45) is 4.42. The molecule has 1 saturated heterocycles. The maximum Gasteiger partial charge on any atom is 0.407 e. The number of piperazine rings is 1. The highest BCUT2D eigenvalue weighted by molar-refractivity contribution is 5.98. The highest BCUT2D eigenvalue weighted by Crippen LogP contribution is 2.29. The van der Waals surface area contributed by atoms with Gasteiger partial charge in [-0.15, -0.1) is 10.2 Å². The summed E-state index contributed by atoms with van der Waals surface area (Å²) in [5.74, 6) is -0.157. The van der Waals surface area contributed by atoms with Crippen LogP contribution in [0.25, 0.3) is 22.5 Å². The van der Waals surface area contributed by atoms with Gasteiger partial charge in [0.25, 0.3) is 5.91 Å². The van der Waals surface area contributed by atoms with Gasteiger partial charge in [-0.1, -0.05) is 24.3 Å². The number of nitrogens with zero attached hydrogens (tertiary/aromatic N) is 5. The van der Waals surface area contributed by atoms with E-state index in [-0.39, 0.29) is 48.1 Å². The summed E-state index contributed by atoms with van der Waals surface area (Å²) < 4.78 is 5.36. The van der Waals surface area contributed by atoms with E-state index in [0.29, 0.717) is 49.7 Å². The number of carbonyl (C=O) groups is 4. The summed E-state index contributed by atoms with van der Waals surface area (Å²) in [5.41, 5.74) is 4.78. The van der Waals surface area contributed by atoms with Crippen molar-refractivity contribution in [1.29, 1.82) is 0 Å². The third-order valence-corrected chi connectivity index (χ3v) is 10.4. The number of rotatable bonds is 11. The summed E-state index contributed by atoms with van der Waals surface area (Å²) in [6, 6.07) is 16.4. The third-order valence-electron chi connectivity index (χ3n) is 10.4. The number of hydrogen-bond donors (Lipinski definition) is 5. The highest BCUT2D eigenvalue weighted by atomic mass is 16.6. The van der Waals surface area contributed by atoms with Gasteiger partial charge in [-0.2, -0.15) is 5.21 Å². The van der Waals surface area contributed by atoms with Gasteiger partial charge in [0, 0.05) is 67.1 Å². The number of anilines is 1. The van der Waals surface area contributed by atoms with Crippen molar-refractivity contribution < 1.29 is 23.9 Å². The van der Waals surface area contributed by atoms with Gasteiger partial charge in [-0.3, -0.25) is 19.4 Å². The molecule has 2 aromatic heterocycles. The Morgan fingerprint density at radius 2 is 1.60 bits per heavy atom. The van der Waals surface area contributed by atoms with Crippen LogP contribution >= 0.6 is 0 Å². The second-order valence-electron chi connectivity index (χ2n) is 16.4. The smallest absolute Gasteiger partial charge is 0.407 e. The first-order valence-corrected chi connectivity index (χ1v) is 19.7. The third kappa shape index (κ3) is 11.2. The lowest BCUT2D eigenvalue weighted by atomic mass is 9.81. The molecule has 15 heteroatoms. The molecule has 15 nitrogen and oxygen atoms in total. The minimum absolute atomic E-state index is 0.0715. The summed E-state index contributed by atoms with van der Waals surface area (Å²) in [5, 5.41) is 26.4. The van der Waals surface area contributed by atoms with Crippen LogP contribution in [-0.2, 0) is 20.7 Å². The highest BCUT2D eigenvalue weighted by Gasteiger charge is 2.31. The average molecular weight is 779 g/mol. The van der Waals surface area contributed by atoms with Crippen LogP contribution in [0.15, 0.2) is 60.8 Å². The van der Waals surface area contributed by atoms with E-state index in [0.717, 1.165) is 40.7 Å².